The van der Waals surface area contributed by atoms with Crippen molar-refractivity contribution in [2.45, 2.75) is 77.4 Å². The van der Waals surface area contributed by atoms with Crippen LogP contribution in [0.1, 0.15) is 76.0 Å². The Labute approximate surface area is 211 Å². The molecule has 0 saturated carbocycles. The van der Waals surface area contributed by atoms with E-state index in [-0.39, 0.29) is 34.3 Å². The minimum Gasteiger partial charge on any atom is -0.378 e. The van der Waals surface area contributed by atoms with E-state index in [0.29, 0.717) is 31.8 Å². The molecule has 36 heavy (non-hydrogen) atoms. The van der Waals surface area contributed by atoms with Gasteiger partial charge in [-0.25, -0.2) is 17.6 Å². The molecule has 2 saturated heterocycles. The minimum atomic E-state index is -1.19. The van der Waals surface area contributed by atoms with Crippen LogP contribution in [0.15, 0.2) is 36.4 Å². The van der Waals surface area contributed by atoms with Gasteiger partial charge >= 0.3 is 0 Å². The molecular weight excluding hydrogens is 468 g/mol. The highest BCUT2D eigenvalue weighted by Gasteiger charge is 2.28. The highest BCUT2D eigenvalue weighted by atomic mass is 19.2. The van der Waals surface area contributed by atoms with E-state index in [2.05, 4.69) is 6.92 Å². The molecule has 2 fully saturated rings. The minimum absolute atomic E-state index is 0.0367. The second-order valence-corrected chi connectivity index (χ2v) is 10.1. The number of hydrogen-bond acceptors (Lipinski definition) is 2. The molecule has 0 aliphatic carbocycles. The van der Waals surface area contributed by atoms with Crippen LogP contribution in [0.4, 0.5) is 17.6 Å². The predicted octanol–water partition coefficient (Wildman–Crippen LogP) is 8.48. The van der Waals surface area contributed by atoms with Crippen molar-refractivity contribution >= 4 is 0 Å². The van der Waals surface area contributed by atoms with Crippen LogP contribution < -0.4 is 0 Å². The zero-order valence-corrected chi connectivity index (χ0v) is 21.2. The predicted molar refractivity (Wildman–Crippen MR) is 134 cm³/mol. The van der Waals surface area contributed by atoms with E-state index in [4.69, 9.17) is 9.47 Å². The molecule has 2 heterocycles. The van der Waals surface area contributed by atoms with E-state index in [1.807, 2.05) is 19.1 Å². The Morgan fingerprint density at radius 2 is 1.56 bits per heavy atom. The fourth-order valence-corrected chi connectivity index (χ4v) is 5.49. The number of benzene rings is 2. The SMILES string of the molecule is CC=CC1CCC(c2ccc(-c3ccc(CCC4CCC(CCC)CO4)c(F)c3F)c(F)c2F)OC1. The van der Waals surface area contributed by atoms with Crippen molar-refractivity contribution in [3.8, 4) is 11.1 Å². The monoisotopic (exact) mass is 504 g/mol. The number of ether oxygens (including phenoxy) is 2. The van der Waals surface area contributed by atoms with Crippen molar-refractivity contribution in [2.75, 3.05) is 13.2 Å². The average Bonchev–Trinajstić information content (AvgIpc) is 2.89. The van der Waals surface area contributed by atoms with Crippen LogP contribution in [0.3, 0.4) is 0 Å². The van der Waals surface area contributed by atoms with Gasteiger partial charge in [-0.3, -0.25) is 0 Å². The van der Waals surface area contributed by atoms with Gasteiger partial charge in [0.2, 0.25) is 0 Å². The van der Waals surface area contributed by atoms with Gasteiger partial charge in [0.15, 0.2) is 23.3 Å². The summed E-state index contributed by atoms with van der Waals surface area (Å²) in [7, 11) is 0. The van der Waals surface area contributed by atoms with Crippen LogP contribution in [0.5, 0.6) is 0 Å². The lowest BCUT2D eigenvalue weighted by Crippen LogP contribution is -2.26. The van der Waals surface area contributed by atoms with Crippen molar-refractivity contribution in [1.82, 2.24) is 0 Å². The molecule has 2 aromatic rings. The van der Waals surface area contributed by atoms with Gasteiger partial charge < -0.3 is 9.47 Å². The van der Waals surface area contributed by atoms with Crippen LogP contribution in [-0.2, 0) is 15.9 Å². The summed E-state index contributed by atoms with van der Waals surface area (Å²) in [6.45, 7) is 5.25. The fraction of sp³-hybridized carbons (Fsp3) is 0.533. The van der Waals surface area contributed by atoms with Crippen LogP contribution in [0.2, 0.25) is 0 Å². The van der Waals surface area contributed by atoms with Crippen LogP contribution in [-0.4, -0.2) is 19.3 Å². The molecule has 2 nitrogen and oxygen atoms in total. The van der Waals surface area contributed by atoms with Gasteiger partial charge in [-0.05, 0) is 63.4 Å². The third-order valence-corrected chi connectivity index (χ3v) is 7.58. The summed E-state index contributed by atoms with van der Waals surface area (Å²) in [5, 5.41) is 0. The topological polar surface area (TPSA) is 18.5 Å². The Morgan fingerprint density at radius 1 is 0.806 bits per heavy atom. The molecule has 0 amide bonds. The maximum absolute atomic E-state index is 15.0. The Balaban J connectivity index is 1.44. The number of halogens is 4. The smallest absolute Gasteiger partial charge is 0.167 e. The van der Waals surface area contributed by atoms with E-state index in [9.17, 15) is 8.78 Å². The van der Waals surface area contributed by atoms with E-state index >= 15 is 8.78 Å². The average molecular weight is 505 g/mol. The molecule has 0 radical (unpaired) electrons. The molecule has 196 valence electrons. The molecule has 0 aromatic heterocycles. The molecule has 4 atom stereocenters. The normalized spacial score (nSPS) is 24.9. The van der Waals surface area contributed by atoms with Gasteiger partial charge in [-0.15, -0.1) is 0 Å². The lowest BCUT2D eigenvalue weighted by Gasteiger charge is -2.29. The van der Waals surface area contributed by atoms with Gasteiger partial charge in [0, 0.05) is 29.2 Å². The first kappa shape index (κ1) is 26.9. The summed E-state index contributed by atoms with van der Waals surface area (Å²) in [5.74, 6) is -3.58. The second kappa shape index (κ2) is 12.4. The molecule has 0 N–H and O–H groups in total. The first-order valence-corrected chi connectivity index (χ1v) is 13.2. The number of aryl methyl sites for hydroxylation is 1. The highest BCUT2D eigenvalue weighted by molar-refractivity contribution is 5.66. The molecule has 2 aromatic carbocycles. The van der Waals surface area contributed by atoms with Gasteiger partial charge in [-0.2, -0.15) is 0 Å². The first-order valence-electron chi connectivity index (χ1n) is 13.2. The van der Waals surface area contributed by atoms with Gasteiger partial charge in [0.1, 0.15) is 0 Å². The molecule has 4 unspecified atom stereocenters. The molecule has 2 aliphatic heterocycles. The third kappa shape index (κ3) is 6.03. The maximum Gasteiger partial charge on any atom is 0.167 e. The van der Waals surface area contributed by atoms with Crippen molar-refractivity contribution < 1.29 is 27.0 Å². The summed E-state index contributed by atoms with van der Waals surface area (Å²) in [6, 6.07) is 5.54. The third-order valence-electron chi connectivity index (χ3n) is 7.58. The molecule has 2 aliphatic rings. The van der Waals surface area contributed by atoms with Crippen LogP contribution in [0, 0.1) is 35.1 Å². The fourth-order valence-electron chi connectivity index (χ4n) is 5.49. The zero-order valence-electron chi connectivity index (χ0n) is 21.2. The quantitative estimate of drug-likeness (QED) is 0.265. The van der Waals surface area contributed by atoms with Crippen molar-refractivity contribution in [2.24, 2.45) is 11.8 Å². The Morgan fingerprint density at radius 3 is 2.19 bits per heavy atom. The van der Waals surface area contributed by atoms with E-state index in [1.54, 1.807) is 0 Å². The molecule has 4 rings (SSSR count). The van der Waals surface area contributed by atoms with Gasteiger partial charge in [0.05, 0.1) is 18.8 Å². The molecular formula is C30H36F4O2. The largest absolute Gasteiger partial charge is 0.378 e. The highest BCUT2D eigenvalue weighted by Crippen LogP contribution is 2.37. The van der Waals surface area contributed by atoms with E-state index in [0.717, 1.165) is 38.7 Å². The summed E-state index contributed by atoms with van der Waals surface area (Å²) in [4.78, 5) is 0. The Bertz CT molecular complexity index is 1050. The molecule has 0 bridgehead atoms. The van der Waals surface area contributed by atoms with Crippen LogP contribution in [0.25, 0.3) is 11.1 Å². The van der Waals surface area contributed by atoms with E-state index < -0.39 is 29.4 Å². The van der Waals surface area contributed by atoms with Crippen molar-refractivity contribution in [3.05, 3.63) is 70.8 Å². The zero-order chi connectivity index (χ0) is 25.7. The first-order chi connectivity index (χ1) is 17.4. The molecule has 0 spiro atoms. The number of allylic oxidation sites excluding steroid dienone is 1. The van der Waals surface area contributed by atoms with Gasteiger partial charge in [0.25, 0.3) is 0 Å². The second-order valence-electron chi connectivity index (χ2n) is 10.1. The Kier molecular flexibility index (Phi) is 9.24. The maximum atomic E-state index is 15.0. The lowest BCUT2D eigenvalue weighted by atomic mass is 9.91. The molecule has 6 heteroatoms. The number of rotatable bonds is 8. The van der Waals surface area contributed by atoms with Gasteiger partial charge in [-0.1, -0.05) is 49.8 Å². The van der Waals surface area contributed by atoms with E-state index in [1.165, 1.54) is 24.3 Å². The summed E-state index contributed by atoms with van der Waals surface area (Å²) < 4.78 is 71.6. The summed E-state index contributed by atoms with van der Waals surface area (Å²) in [6.07, 6.45) is 10.1. The summed E-state index contributed by atoms with van der Waals surface area (Å²) >= 11 is 0. The standard InChI is InChI=1S/C30H36F4O2/c1-3-5-19-7-11-22(35-17-19)12-9-21-10-13-23(28(32)27(21)31)24-14-15-25(30(34)29(24)33)26-16-8-20(6-4-2)18-36-26/h4,6,10,13-15,19-20,22,26H,3,5,7-9,11-12,16-18H2,1-2H3. The van der Waals surface area contributed by atoms with Crippen LogP contribution >= 0.6 is 0 Å². The Hall–Kier alpha value is -2.18. The number of hydrogen-bond donors (Lipinski definition) is 0. The summed E-state index contributed by atoms with van der Waals surface area (Å²) in [5.41, 5.74) is -0.242. The van der Waals surface area contributed by atoms with Crippen molar-refractivity contribution in [3.63, 3.8) is 0 Å². The van der Waals surface area contributed by atoms with Crippen molar-refractivity contribution in [1.29, 1.82) is 0 Å². The lowest BCUT2D eigenvalue weighted by molar-refractivity contribution is -0.0216.